The van der Waals surface area contributed by atoms with E-state index in [0.29, 0.717) is 13.2 Å². The van der Waals surface area contributed by atoms with Crippen LogP contribution >= 0.6 is 0 Å². The van der Waals surface area contributed by atoms with E-state index in [0.717, 1.165) is 0 Å². The number of methoxy groups -OCH3 is 1. The van der Waals surface area contributed by atoms with E-state index in [2.05, 4.69) is 16.6 Å². The minimum atomic E-state index is 0.420. The van der Waals surface area contributed by atoms with Crippen LogP contribution in [0.5, 0.6) is 0 Å². The number of rotatable bonds is 1. The van der Waals surface area contributed by atoms with Crippen LogP contribution in [0.25, 0.3) is 0 Å². The van der Waals surface area contributed by atoms with Crippen molar-refractivity contribution in [3.63, 3.8) is 0 Å². The zero-order valence-electron chi connectivity index (χ0n) is 4.40. The van der Waals surface area contributed by atoms with Gasteiger partial charge in [0.1, 0.15) is 6.61 Å². The summed E-state index contributed by atoms with van der Waals surface area (Å²) in [6, 6.07) is 0. The topological polar surface area (TPSA) is 35.2 Å². The third kappa shape index (κ3) is 5.48. The number of ether oxygens (including phenoxy) is 1. The van der Waals surface area contributed by atoms with Crippen LogP contribution in [0.15, 0.2) is 0 Å². The highest BCUT2D eigenvalue weighted by atomic mass is 16.5. The third-order valence-electron chi connectivity index (χ3n) is 0.444. The Balaban J connectivity index is 2.91. The molecule has 0 aromatic rings. The van der Waals surface area contributed by atoms with Crippen molar-refractivity contribution < 1.29 is 4.74 Å². The Morgan fingerprint density at radius 1 is 1.57 bits per heavy atom. The van der Waals surface area contributed by atoms with Gasteiger partial charge in [0.2, 0.25) is 0 Å². The van der Waals surface area contributed by atoms with Crippen molar-refractivity contribution in [2.75, 3.05) is 20.3 Å². The molecule has 2 N–H and O–H groups in total. The molecule has 0 saturated heterocycles. The molecule has 40 valence electrons. The molecular formula is C5H9NO. The molecule has 0 spiro atoms. The van der Waals surface area contributed by atoms with Crippen molar-refractivity contribution in [1.82, 2.24) is 0 Å². The van der Waals surface area contributed by atoms with Crippen LogP contribution in [0.3, 0.4) is 0 Å². The summed E-state index contributed by atoms with van der Waals surface area (Å²) in [6.07, 6.45) is 0. The smallest absolute Gasteiger partial charge is 0.107 e. The predicted molar refractivity (Wildman–Crippen MR) is 28.7 cm³/mol. The Hall–Kier alpha value is -0.520. The van der Waals surface area contributed by atoms with Gasteiger partial charge in [-0.05, 0) is 0 Å². The molecule has 0 amide bonds. The van der Waals surface area contributed by atoms with Crippen molar-refractivity contribution >= 4 is 0 Å². The van der Waals surface area contributed by atoms with Crippen LogP contribution in [0.1, 0.15) is 0 Å². The molecule has 0 aliphatic rings. The Morgan fingerprint density at radius 3 is 2.71 bits per heavy atom. The average molecular weight is 99.1 g/mol. The fraction of sp³-hybridized carbons (Fsp3) is 0.600. The lowest BCUT2D eigenvalue weighted by Crippen LogP contribution is -1.93. The lowest BCUT2D eigenvalue weighted by atomic mass is 10.6. The Morgan fingerprint density at radius 2 is 2.29 bits per heavy atom. The summed E-state index contributed by atoms with van der Waals surface area (Å²) >= 11 is 0. The van der Waals surface area contributed by atoms with Crippen LogP contribution in [0.2, 0.25) is 0 Å². The van der Waals surface area contributed by atoms with Gasteiger partial charge < -0.3 is 10.5 Å². The first kappa shape index (κ1) is 6.48. The second kappa shape index (κ2) is 5.48. The van der Waals surface area contributed by atoms with E-state index in [4.69, 9.17) is 5.73 Å². The highest BCUT2D eigenvalue weighted by molar-refractivity contribution is 4.99. The zero-order chi connectivity index (χ0) is 5.54. The van der Waals surface area contributed by atoms with Gasteiger partial charge in [-0.15, -0.1) is 0 Å². The van der Waals surface area contributed by atoms with Crippen molar-refractivity contribution in [2.24, 2.45) is 5.73 Å². The van der Waals surface area contributed by atoms with E-state index in [1.807, 2.05) is 0 Å². The molecule has 0 bridgehead atoms. The summed E-state index contributed by atoms with van der Waals surface area (Å²) in [5, 5.41) is 0. The van der Waals surface area contributed by atoms with Crippen LogP contribution in [-0.2, 0) is 4.74 Å². The van der Waals surface area contributed by atoms with Crippen molar-refractivity contribution in [2.45, 2.75) is 0 Å². The molecule has 0 rings (SSSR count). The largest absolute Gasteiger partial charge is 0.372 e. The lowest BCUT2D eigenvalue weighted by Gasteiger charge is -1.79. The molecule has 0 fully saturated rings. The van der Waals surface area contributed by atoms with Crippen LogP contribution < -0.4 is 5.73 Å². The first-order valence-corrected chi connectivity index (χ1v) is 2.06. The molecule has 0 radical (unpaired) electrons. The summed E-state index contributed by atoms with van der Waals surface area (Å²) in [4.78, 5) is 0. The van der Waals surface area contributed by atoms with Crippen LogP contribution in [0, 0.1) is 11.8 Å². The molecule has 0 atom stereocenters. The Labute approximate surface area is 43.7 Å². The van der Waals surface area contributed by atoms with E-state index in [1.54, 1.807) is 7.11 Å². The third-order valence-corrected chi connectivity index (χ3v) is 0.444. The SMILES string of the molecule is COCC#CCN. The summed E-state index contributed by atoms with van der Waals surface area (Å²) in [5.74, 6) is 5.34. The normalized spacial score (nSPS) is 7.14. The van der Waals surface area contributed by atoms with Gasteiger partial charge in [0, 0.05) is 7.11 Å². The second-order valence-corrected chi connectivity index (χ2v) is 0.991. The highest BCUT2D eigenvalue weighted by Gasteiger charge is 1.63. The molecule has 0 aromatic heterocycles. The van der Waals surface area contributed by atoms with Gasteiger partial charge in [0.15, 0.2) is 0 Å². The Bertz CT molecular complexity index is 79.8. The second-order valence-electron chi connectivity index (χ2n) is 0.991. The predicted octanol–water partition coefficient (Wildman–Crippen LogP) is -0.405. The standard InChI is InChI=1S/C5H9NO/c1-7-5-3-2-4-6/h4-6H2,1H3. The first-order valence-electron chi connectivity index (χ1n) is 2.06. The van der Waals surface area contributed by atoms with Crippen LogP contribution in [0.4, 0.5) is 0 Å². The molecule has 0 aliphatic heterocycles. The number of nitrogens with two attached hydrogens (primary N) is 1. The van der Waals surface area contributed by atoms with Gasteiger partial charge in [-0.3, -0.25) is 0 Å². The van der Waals surface area contributed by atoms with Crippen LogP contribution in [-0.4, -0.2) is 20.3 Å². The molecule has 2 nitrogen and oxygen atoms in total. The molecule has 2 heteroatoms. The maximum Gasteiger partial charge on any atom is 0.107 e. The van der Waals surface area contributed by atoms with Gasteiger partial charge in [-0.25, -0.2) is 0 Å². The van der Waals surface area contributed by atoms with E-state index < -0.39 is 0 Å². The van der Waals surface area contributed by atoms with E-state index in [-0.39, 0.29) is 0 Å². The van der Waals surface area contributed by atoms with Crippen molar-refractivity contribution in [1.29, 1.82) is 0 Å². The minimum absolute atomic E-state index is 0.420. The summed E-state index contributed by atoms with van der Waals surface area (Å²) in [6.45, 7) is 0.903. The van der Waals surface area contributed by atoms with E-state index >= 15 is 0 Å². The van der Waals surface area contributed by atoms with Crippen molar-refractivity contribution in [3.8, 4) is 11.8 Å². The first-order chi connectivity index (χ1) is 3.41. The van der Waals surface area contributed by atoms with E-state index in [1.165, 1.54) is 0 Å². The fourth-order valence-electron chi connectivity index (χ4n) is 0.195. The minimum Gasteiger partial charge on any atom is -0.372 e. The molecule has 0 aromatic carbocycles. The Kier molecular flexibility index (Phi) is 5.07. The quantitative estimate of drug-likeness (QED) is 0.454. The maximum atomic E-state index is 5.04. The molecule has 0 unspecified atom stereocenters. The highest BCUT2D eigenvalue weighted by Crippen LogP contribution is 1.58. The monoisotopic (exact) mass is 99.1 g/mol. The van der Waals surface area contributed by atoms with E-state index in [9.17, 15) is 0 Å². The number of hydrogen-bond donors (Lipinski definition) is 1. The van der Waals surface area contributed by atoms with Gasteiger partial charge in [-0.2, -0.15) is 0 Å². The van der Waals surface area contributed by atoms with Gasteiger partial charge >= 0.3 is 0 Å². The summed E-state index contributed by atoms with van der Waals surface area (Å²) in [7, 11) is 1.60. The lowest BCUT2D eigenvalue weighted by molar-refractivity contribution is 0.239. The maximum absolute atomic E-state index is 5.04. The molecule has 0 heterocycles. The van der Waals surface area contributed by atoms with Gasteiger partial charge in [-0.1, -0.05) is 11.8 Å². The molecule has 0 saturated carbocycles. The van der Waals surface area contributed by atoms with Gasteiger partial charge in [0.05, 0.1) is 6.54 Å². The molecule has 0 aliphatic carbocycles. The number of hydrogen-bond acceptors (Lipinski definition) is 2. The molecular weight excluding hydrogens is 90.1 g/mol. The fourth-order valence-corrected chi connectivity index (χ4v) is 0.195. The summed E-state index contributed by atoms with van der Waals surface area (Å²) in [5.41, 5.74) is 5.04. The molecule has 7 heavy (non-hydrogen) atoms. The summed E-state index contributed by atoms with van der Waals surface area (Å²) < 4.78 is 4.61. The average Bonchev–Trinajstić information content (AvgIpc) is 1.69. The zero-order valence-corrected chi connectivity index (χ0v) is 4.40. The van der Waals surface area contributed by atoms with Gasteiger partial charge in [0.25, 0.3) is 0 Å². The van der Waals surface area contributed by atoms with Crippen molar-refractivity contribution in [3.05, 3.63) is 0 Å².